The minimum atomic E-state index is -4.50. The summed E-state index contributed by atoms with van der Waals surface area (Å²) in [5.41, 5.74) is -0.739. The molecule has 0 aliphatic carbocycles. The van der Waals surface area contributed by atoms with Gasteiger partial charge in [0.1, 0.15) is 0 Å². The van der Waals surface area contributed by atoms with Crippen LogP contribution in [0.5, 0.6) is 0 Å². The van der Waals surface area contributed by atoms with Gasteiger partial charge in [-0.1, -0.05) is 50.7 Å². The monoisotopic (exact) mass is 407 g/mol. The first-order valence-corrected chi connectivity index (χ1v) is 6.94. The lowest BCUT2D eigenvalue weighted by molar-refractivity contribution is -0.137. The van der Waals surface area contributed by atoms with E-state index in [1.54, 1.807) is 0 Å². The Morgan fingerprint density at radius 2 is 1.80 bits per heavy atom. The third kappa shape index (κ3) is 2.93. The molecule has 0 radical (unpaired) electrons. The van der Waals surface area contributed by atoms with Crippen LogP contribution in [0.4, 0.5) is 13.2 Å². The van der Waals surface area contributed by atoms with Gasteiger partial charge in [-0.05, 0) is 12.1 Å². The maximum absolute atomic E-state index is 12.7. The molecule has 9 heteroatoms. The number of nitrogens with one attached hydrogen (secondary N) is 1. The van der Waals surface area contributed by atoms with E-state index in [9.17, 15) is 18.0 Å². The molecule has 1 heterocycles. The van der Waals surface area contributed by atoms with Crippen LogP contribution in [0.25, 0.3) is 10.9 Å². The van der Waals surface area contributed by atoms with Crippen molar-refractivity contribution in [3.05, 3.63) is 33.9 Å². The molecule has 1 N–H and O–H groups in total. The van der Waals surface area contributed by atoms with E-state index >= 15 is 0 Å². The van der Waals surface area contributed by atoms with Gasteiger partial charge in [0, 0.05) is 27.1 Å². The van der Waals surface area contributed by atoms with Crippen LogP contribution in [0.15, 0.2) is 22.8 Å². The van der Waals surface area contributed by atoms with Crippen LogP contribution >= 0.6 is 50.7 Å². The number of aromatic amines is 1. The van der Waals surface area contributed by atoms with Crippen LogP contribution < -0.4 is 0 Å². The predicted octanol–water partition coefficient (Wildman–Crippen LogP) is 5.50. The molecule has 0 bridgehead atoms. The van der Waals surface area contributed by atoms with Gasteiger partial charge < -0.3 is 4.98 Å². The van der Waals surface area contributed by atoms with Crippen molar-refractivity contribution in [3.8, 4) is 0 Å². The number of Topliss-reactive ketones (excluding diaryl/α,β-unsaturated/α-hetero) is 1. The van der Waals surface area contributed by atoms with Crippen LogP contribution in [0.2, 0.25) is 0 Å². The van der Waals surface area contributed by atoms with E-state index in [1.807, 2.05) is 0 Å². The van der Waals surface area contributed by atoms with E-state index in [2.05, 4.69) is 20.9 Å². The highest BCUT2D eigenvalue weighted by molar-refractivity contribution is 9.10. The SMILES string of the molecule is O=C(c1c[nH]c2cc(C(F)(F)F)cc(Br)c12)C(Cl)(Cl)Cl. The zero-order valence-electron chi connectivity index (χ0n) is 9.29. The van der Waals surface area contributed by atoms with Crippen LogP contribution in [0.1, 0.15) is 15.9 Å². The van der Waals surface area contributed by atoms with E-state index in [-0.39, 0.29) is 20.9 Å². The van der Waals surface area contributed by atoms with Gasteiger partial charge >= 0.3 is 6.18 Å². The molecule has 2 rings (SSSR count). The Hall–Kier alpha value is -0.430. The highest BCUT2D eigenvalue weighted by Crippen LogP contribution is 2.39. The van der Waals surface area contributed by atoms with Crippen molar-refractivity contribution in [2.45, 2.75) is 9.97 Å². The van der Waals surface area contributed by atoms with Gasteiger partial charge in [-0.3, -0.25) is 4.79 Å². The standard InChI is InChI=1S/C11H4BrCl3F3NO/c12-6-1-4(11(16,17)18)2-7-8(6)5(3-19-7)9(20)10(13,14)15/h1-3,19H. The first-order valence-electron chi connectivity index (χ1n) is 5.01. The lowest BCUT2D eigenvalue weighted by Gasteiger charge is -2.10. The number of ketones is 1. The smallest absolute Gasteiger partial charge is 0.360 e. The van der Waals surface area contributed by atoms with E-state index in [0.29, 0.717) is 0 Å². The molecule has 0 amide bonds. The Labute approximate surface area is 134 Å². The van der Waals surface area contributed by atoms with Crippen molar-refractivity contribution in [2.24, 2.45) is 0 Å². The molecule has 0 spiro atoms. The predicted molar refractivity (Wildman–Crippen MR) is 75.6 cm³/mol. The fraction of sp³-hybridized carbons (Fsp3) is 0.182. The fourth-order valence-electron chi connectivity index (χ4n) is 1.71. The molecule has 1 aromatic heterocycles. The van der Waals surface area contributed by atoms with Crippen molar-refractivity contribution in [3.63, 3.8) is 0 Å². The van der Waals surface area contributed by atoms with Crippen LogP contribution in [0, 0.1) is 0 Å². The Morgan fingerprint density at radius 3 is 2.30 bits per heavy atom. The van der Waals surface area contributed by atoms with Gasteiger partial charge in [0.25, 0.3) is 3.79 Å². The number of alkyl halides is 6. The van der Waals surface area contributed by atoms with Crippen molar-refractivity contribution >= 4 is 67.4 Å². The molecule has 0 saturated carbocycles. The summed E-state index contributed by atoms with van der Waals surface area (Å²) in [6.07, 6.45) is -3.29. The summed E-state index contributed by atoms with van der Waals surface area (Å²) in [7, 11) is 0. The van der Waals surface area contributed by atoms with Crippen molar-refractivity contribution < 1.29 is 18.0 Å². The molecule has 0 unspecified atom stereocenters. The summed E-state index contributed by atoms with van der Waals surface area (Å²) < 4.78 is 36.0. The van der Waals surface area contributed by atoms with Crippen LogP contribution in [-0.4, -0.2) is 14.6 Å². The van der Waals surface area contributed by atoms with Crippen molar-refractivity contribution in [2.75, 3.05) is 0 Å². The summed E-state index contributed by atoms with van der Waals surface area (Å²) in [5, 5.41) is 0.231. The van der Waals surface area contributed by atoms with Gasteiger partial charge in [0.05, 0.1) is 5.56 Å². The second kappa shape index (κ2) is 5.09. The van der Waals surface area contributed by atoms with E-state index < -0.39 is 21.3 Å². The maximum atomic E-state index is 12.7. The molecule has 108 valence electrons. The second-order valence-corrected chi connectivity index (χ2v) is 7.04. The third-order valence-corrected chi connectivity index (χ3v) is 3.70. The zero-order chi connectivity index (χ0) is 15.3. The Morgan fingerprint density at radius 1 is 1.20 bits per heavy atom. The summed E-state index contributed by atoms with van der Waals surface area (Å²) in [4.78, 5) is 14.5. The molecule has 0 saturated heterocycles. The first-order chi connectivity index (χ1) is 9.01. The maximum Gasteiger partial charge on any atom is 0.416 e. The van der Waals surface area contributed by atoms with Gasteiger partial charge in [0.15, 0.2) is 0 Å². The third-order valence-electron chi connectivity index (χ3n) is 2.56. The van der Waals surface area contributed by atoms with Crippen LogP contribution in [0.3, 0.4) is 0 Å². The lowest BCUT2D eigenvalue weighted by atomic mass is 10.1. The second-order valence-electron chi connectivity index (χ2n) is 3.91. The summed E-state index contributed by atoms with van der Waals surface area (Å²) in [6.45, 7) is 0. The molecular weight excluding hydrogens is 405 g/mol. The number of hydrogen-bond donors (Lipinski definition) is 1. The molecule has 20 heavy (non-hydrogen) atoms. The minimum absolute atomic E-state index is 0.000555. The normalized spacial score (nSPS) is 12.9. The minimum Gasteiger partial charge on any atom is -0.360 e. The summed E-state index contributed by atoms with van der Waals surface area (Å²) >= 11 is 19.5. The number of halogens is 7. The van der Waals surface area contributed by atoms with E-state index in [1.165, 1.54) is 6.20 Å². The highest BCUT2D eigenvalue weighted by atomic mass is 79.9. The highest BCUT2D eigenvalue weighted by Gasteiger charge is 2.35. The summed E-state index contributed by atoms with van der Waals surface area (Å²) in [5.74, 6) is -0.825. The van der Waals surface area contributed by atoms with Crippen molar-refractivity contribution in [1.29, 1.82) is 0 Å². The average molecular weight is 409 g/mol. The number of carbonyl (C=O) groups excluding carboxylic acids is 1. The van der Waals surface area contributed by atoms with Crippen molar-refractivity contribution in [1.82, 2.24) is 4.98 Å². The fourth-order valence-corrected chi connectivity index (χ4v) is 2.69. The number of fused-ring (bicyclic) bond motifs is 1. The van der Waals surface area contributed by atoms with Gasteiger partial charge in [-0.25, -0.2) is 0 Å². The molecule has 0 aliphatic heterocycles. The number of hydrogen-bond acceptors (Lipinski definition) is 1. The number of rotatable bonds is 1. The Kier molecular flexibility index (Phi) is 4.06. The van der Waals surface area contributed by atoms with Gasteiger partial charge in [-0.2, -0.15) is 13.2 Å². The van der Waals surface area contributed by atoms with E-state index in [0.717, 1.165) is 12.1 Å². The number of aromatic nitrogens is 1. The molecule has 2 nitrogen and oxygen atoms in total. The van der Waals surface area contributed by atoms with E-state index in [4.69, 9.17) is 34.8 Å². The molecular formula is C11H4BrCl3F3NO. The largest absolute Gasteiger partial charge is 0.416 e. The Balaban J connectivity index is 2.67. The van der Waals surface area contributed by atoms with Crippen LogP contribution in [-0.2, 0) is 6.18 Å². The van der Waals surface area contributed by atoms with Gasteiger partial charge in [-0.15, -0.1) is 0 Å². The Bertz CT molecular complexity index is 691. The zero-order valence-corrected chi connectivity index (χ0v) is 13.1. The average Bonchev–Trinajstić information content (AvgIpc) is 2.69. The first kappa shape index (κ1) is 15.9. The summed E-state index contributed by atoms with van der Waals surface area (Å²) in [6, 6.07) is 1.75. The van der Waals surface area contributed by atoms with Gasteiger partial charge in [0.2, 0.25) is 5.78 Å². The quantitative estimate of drug-likeness (QED) is 0.490. The number of carbonyl (C=O) groups is 1. The topological polar surface area (TPSA) is 32.9 Å². The number of benzene rings is 1. The molecule has 0 fully saturated rings. The molecule has 1 aromatic carbocycles. The molecule has 0 aliphatic rings. The molecule has 0 atom stereocenters. The molecule has 2 aromatic rings. The lowest BCUT2D eigenvalue weighted by Crippen LogP contribution is -2.18. The number of H-pyrrole nitrogens is 1.